The summed E-state index contributed by atoms with van der Waals surface area (Å²) in [6.45, 7) is 5.44. The largest absolute Gasteiger partial charge is 0.312 e. The van der Waals surface area contributed by atoms with Crippen LogP contribution in [0.25, 0.3) is 0 Å². The summed E-state index contributed by atoms with van der Waals surface area (Å²) in [7, 11) is -3.36. The molecule has 102 valence electrons. The molecule has 0 aliphatic heterocycles. The monoisotopic (exact) mass is 270 g/mol. The molecule has 1 aromatic carbocycles. The molecule has 0 spiro atoms. The molecule has 4 nitrogen and oxygen atoms in total. The van der Waals surface area contributed by atoms with Crippen molar-refractivity contribution in [2.75, 3.05) is 12.3 Å². The van der Waals surface area contributed by atoms with Crippen molar-refractivity contribution in [3.8, 4) is 0 Å². The van der Waals surface area contributed by atoms with E-state index in [1.54, 1.807) is 0 Å². The lowest BCUT2D eigenvalue weighted by Gasteiger charge is -2.07. The van der Waals surface area contributed by atoms with Gasteiger partial charge in [-0.1, -0.05) is 38.1 Å². The van der Waals surface area contributed by atoms with Crippen molar-refractivity contribution in [3.05, 3.63) is 35.4 Å². The van der Waals surface area contributed by atoms with Crippen LogP contribution >= 0.6 is 0 Å². The molecule has 0 fully saturated rings. The average molecular weight is 270 g/mol. The Bertz CT molecular complexity index is 452. The molecule has 0 saturated carbocycles. The van der Waals surface area contributed by atoms with Crippen molar-refractivity contribution in [1.82, 2.24) is 5.32 Å². The lowest BCUT2D eigenvalue weighted by Crippen LogP contribution is -2.26. The average Bonchev–Trinajstić information content (AvgIpc) is 2.24. The summed E-state index contributed by atoms with van der Waals surface area (Å²) in [6, 6.07) is 8.39. The van der Waals surface area contributed by atoms with Crippen LogP contribution in [-0.2, 0) is 23.0 Å². The maximum atomic E-state index is 10.7. The minimum Gasteiger partial charge on any atom is -0.312 e. The predicted octanol–water partition coefficient (Wildman–Crippen LogP) is 1.26. The van der Waals surface area contributed by atoms with E-state index < -0.39 is 10.0 Å². The van der Waals surface area contributed by atoms with Crippen LogP contribution < -0.4 is 10.5 Å². The van der Waals surface area contributed by atoms with Gasteiger partial charge in [0, 0.05) is 13.1 Å². The standard InChI is InChI=1S/C13H22N2O2S/c1-11(2)9-12-3-5-13(6-4-12)10-15-7-8-18(14,16)17/h3-6,11,15H,7-10H2,1-2H3,(H2,14,16,17). The SMILES string of the molecule is CC(C)Cc1ccc(CNCCS(N)(=O)=O)cc1. The maximum absolute atomic E-state index is 10.7. The third-order valence-electron chi connectivity index (χ3n) is 2.56. The van der Waals surface area contributed by atoms with Crippen LogP contribution in [0.2, 0.25) is 0 Å². The maximum Gasteiger partial charge on any atom is 0.210 e. The molecule has 0 unspecified atom stereocenters. The first kappa shape index (κ1) is 15.1. The number of hydrogen-bond acceptors (Lipinski definition) is 3. The van der Waals surface area contributed by atoms with Gasteiger partial charge in [-0.2, -0.15) is 0 Å². The van der Waals surface area contributed by atoms with Crippen LogP contribution in [0.15, 0.2) is 24.3 Å². The number of rotatable bonds is 7. The molecule has 0 aliphatic carbocycles. The van der Waals surface area contributed by atoms with Crippen LogP contribution in [0, 0.1) is 5.92 Å². The molecule has 0 heterocycles. The molecule has 0 amide bonds. The zero-order valence-electron chi connectivity index (χ0n) is 11.0. The van der Waals surface area contributed by atoms with Crippen molar-refractivity contribution in [2.24, 2.45) is 11.1 Å². The molecule has 0 atom stereocenters. The van der Waals surface area contributed by atoms with E-state index in [-0.39, 0.29) is 5.75 Å². The Kier molecular flexibility index (Phi) is 5.78. The highest BCUT2D eigenvalue weighted by Crippen LogP contribution is 2.09. The molecular formula is C13H22N2O2S. The molecule has 18 heavy (non-hydrogen) atoms. The van der Waals surface area contributed by atoms with Gasteiger partial charge < -0.3 is 5.32 Å². The lowest BCUT2D eigenvalue weighted by atomic mass is 10.0. The molecule has 0 aromatic heterocycles. The summed E-state index contributed by atoms with van der Waals surface area (Å²) in [5.41, 5.74) is 2.48. The summed E-state index contributed by atoms with van der Waals surface area (Å²) in [6.07, 6.45) is 1.08. The minimum absolute atomic E-state index is 0.0293. The Morgan fingerprint density at radius 1 is 1.17 bits per heavy atom. The van der Waals surface area contributed by atoms with Crippen LogP contribution in [-0.4, -0.2) is 20.7 Å². The fourth-order valence-corrected chi connectivity index (χ4v) is 2.14. The first-order chi connectivity index (χ1) is 8.37. The van der Waals surface area contributed by atoms with Crippen LogP contribution in [0.5, 0.6) is 0 Å². The molecule has 5 heteroatoms. The Morgan fingerprint density at radius 2 is 1.72 bits per heavy atom. The zero-order chi connectivity index (χ0) is 13.6. The van der Waals surface area contributed by atoms with Crippen molar-refractivity contribution < 1.29 is 8.42 Å². The van der Waals surface area contributed by atoms with Crippen molar-refractivity contribution in [1.29, 1.82) is 0 Å². The Morgan fingerprint density at radius 3 is 2.22 bits per heavy atom. The van der Waals surface area contributed by atoms with E-state index in [9.17, 15) is 8.42 Å². The Hall–Kier alpha value is -0.910. The van der Waals surface area contributed by atoms with Gasteiger partial charge in [-0.3, -0.25) is 0 Å². The predicted molar refractivity (Wildman–Crippen MR) is 74.7 cm³/mol. The highest BCUT2D eigenvalue weighted by Gasteiger charge is 2.02. The molecule has 0 aliphatic rings. The van der Waals surface area contributed by atoms with Crippen LogP contribution in [0.3, 0.4) is 0 Å². The van der Waals surface area contributed by atoms with Crippen molar-refractivity contribution >= 4 is 10.0 Å². The summed E-state index contributed by atoms with van der Waals surface area (Å²) in [5, 5.41) is 7.97. The van der Waals surface area contributed by atoms with Crippen molar-refractivity contribution in [3.63, 3.8) is 0 Å². The number of primary sulfonamides is 1. The zero-order valence-corrected chi connectivity index (χ0v) is 11.8. The third-order valence-corrected chi connectivity index (χ3v) is 3.33. The fourth-order valence-electron chi connectivity index (χ4n) is 1.71. The van der Waals surface area contributed by atoms with E-state index in [4.69, 9.17) is 5.14 Å². The van der Waals surface area contributed by atoms with Gasteiger partial charge in [0.2, 0.25) is 10.0 Å². The van der Waals surface area contributed by atoms with E-state index in [1.807, 2.05) is 0 Å². The van der Waals surface area contributed by atoms with Gasteiger partial charge in [0.15, 0.2) is 0 Å². The number of nitrogens with one attached hydrogen (secondary N) is 1. The Balaban J connectivity index is 2.35. The molecule has 0 saturated heterocycles. The van der Waals surface area contributed by atoms with Crippen LogP contribution in [0.4, 0.5) is 0 Å². The van der Waals surface area contributed by atoms with E-state index in [1.165, 1.54) is 5.56 Å². The van der Waals surface area contributed by atoms with Gasteiger partial charge in [0.05, 0.1) is 5.75 Å². The molecule has 1 rings (SSSR count). The van der Waals surface area contributed by atoms with E-state index in [0.29, 0.717) is 19.0 Å². The van der Waals surface area contributed by atoms with E-state index in [2.05, 4.69) is 43.4 Å². The first-order valence-electron chi connectivity index (χ1n) is 6.16. The molecule has 3 N–H and O–H groups in total. The van der Waals surface area contributed by atoms with Gasteiger partial charge >= 0.3 is 0 Å². The van der Waals surface area contributed by atoms with Gasteiger partial charge in [-0.25, -0.2) is 13.6 Å². The summed E-state index contributed by atoms with van der Waals surface area (Å²) in [5.74, 6) is 0.627. The number of benzene rings is 1. The number of hydrogen-bond donors (Lipinski definition) is 2. The quantitative estimate of drug-likeness (QED) is 0.733. The summed E-state index contributed by atoms with van der Waals surface area (Å²) >= 11 is 0. The lowest BCUT2D eigenvalue weighted by molar-refractivity contribution is 0.592. The van der Waals surface area contributed by atoms with Gasteiger partial charge in [-0.15, -0.1) is 0 Å². The number of sulfonamides is 1. The molecule has 0 bridgehead atoms. The second-order valence-electron chi connectivity index (χ2n) is 4.96. The Labute approximate surface area is 110 Å². The van der Waals surface area contributed by atoms with Crippen molar-refractivity contribution in [2.45, 2.75) is 26.8 Å². The molecule has 1 aromatic rings. The highest BCUT2D eigenvalue weighted by molar-refractivity contribution is 7.89. The van der Waals surface area contributed by atoms with Crippen LogP contribution in [0.1, 0.15) is 25.0 Å². The fraction of sp³-hybridized carbons (Fsp3) is 0.538. The topological polar surface area (TPSA) is 72.2 Å². The second kappa shape index (κ2) is 6.87. The van der Waals surface area contributed by atoms with E-state index in [0.717, 1.165) is 12.0 Å². The summed E-state index contributed by atoms with van der Waals surface area (Å²) in [4.78, 5) is 0. The normalized spacial score (nSPS) is 12.0. The third kappa shape index (κ3) is 6.74. The van der Waals surface area contributed by atoms with E-state index >= 15 is 0 Å². The first-order valence-corrected chi connectivity index (χ1v) is 7.87. The smallest absolute Gasteiger partial charge is 0.210 e. The van der Waals surface area contributed by atoms with Gasteiger partial charge in [0.1, 0.15) is 0 Å². The summed E-state index contributed by atoms with van der Waals surface area (Å²) < 4.78 is 21.5. The second-order valence-corrected chi connectivity index (χ2v) is 6.69. The van der Waals surface area contributed by atoms with Gasteiger partial charge in [0.25, 0.3) is 0 Å². The minimum atomic E-state index is -3.36. The van der Waals surface area contributed by atoms with Gasteiger partial charge in [-0.05, 0) is 23.5 Å². The molecule has 0 radical (unpaired) electrons. The molecular weight excluding hydrogens is 248 g/mol. The number of nitrogens with two attached hydrogens (primary N) is 1. The highest BCUT2D eigenvalue weighted by atomic mass is 32.2.